The standard InChI is InChI=1S/C12H13NO2/c1-2-10-11(8-14)13-15-12(10)9-6-4-3-5-7-9/h3-7,14H,2,8H2,1H3. The molecule has 0 saturated carbocycles. The fraction of sp³-hybridized carbons (Fsp3) is 0.250. The minimum Gasteiger partial charge on any atom is -0.390 e. The van der Waals surface area contributed by atoms with Gasteiger partial charge in [-0.2, -0.15) is 0 Å². The summed E-state index contributed by atoms with van der Waals surface area (Å²) in [6, 6.07) is 9.81. The molecule has 0 unspecified atom stereocenters. The third-order valence-electron chi connectivity index (χ3n) is 2.41. The molecule has 1 N–H and O–H groups in total. The van der Waals surface area contributed by atoms with Crippen molar-refractivity contribution in [3.05, 3.63) is 41.6 Å². The summed E-state index contributed by atoms with van der Waals surface area (Å²) in [6.07, 6.45) is 0.809. The van der Waals surface area contributed by atoms with Crippen molar-refractivity contribution in [2.24, 2.45) is 0 Å². The van der Waals surface area contributed by atoms with Crippen molar-refractivity contribution in [3.8, 4) is 11.3 Å². The fourth-order valence-electron chi connectivity index (χ4n) is 1.65. The van der Waals surface area contributed by atoms with Crippen LogP contribution in [0.1, 0.15) is 18.2 Å². The van der Waals surface area contributed by atoms with Gasteiger partial charge in [-0.3, -0.25) is 0 Å². The smallest absolute Gasteiger partial charge is 0.170 e. The Balaban J connectivity index is 2.49. The van der Waals surface area contributed by atoms with E-state index >= 15 is 0 Å². The van der Waals surface area contributed by atoms with E-state index in [-0.39, 0.29) is 6.61 Å². The lowest BCUT2D eigenvalue weighted by molar-refractivity contribution is 0.266. The van der Waals surface area contributed by atoms with Crippen molar-refractivity contribution in [1.29, 1.82) is 0 Å². The molecular formula is C12H13NO2. The molecule has 0 fully saturated rings. The van der Waals surface area contributed by atoms with Gasteiger partial charge in [0.05, 0.1) is 6.61 Å². The van der Waals surface area contributed by atoms with Gasteiger partial charge in [0.15, 0.2) is 5.76 Å². The van der Waals surface area contributed by atoms with Crippen LogP contribution in [0, 0.1) is 0 Å². The molecule has 0 aliphatic rings. The minimum absolute atomic E-state index is 0.0699. The van der Waals surface area contributed by atoms with Gasteiger partial charge in [-0.15, -0.1) is 0 Å². The topological polar surface area (TPSA) is 46.3 Å². The molecule has 15 heavy (non-hydrogen) atoms. The van der Waals surface area contributed by atoms with Crippen molar-refractivity contribution in [1.82, 2.24) is 5.16 Å². The largest absolute Gasteiger partial charge is 0.390 e. The van der Waals surface area contributed by atoms with Crippen LogP contribution in [0.2, 0.25) is 0 Å². The van der Waals surface area contributed by atoms with Gasteiger partial charge in [0.2, 0.25) is 0 Å². The summed E-state index contributed by atoms with van der Waals surface area (Å²) in [6.45, 7) is 1.96. The number of nitrogens with zero attached hydrogens (tertiary/aromatic N) is 1. The van der Waals surface area contributed by atoms with Gasteiger partial charge in [0.1, 0.15) is 5.69 Å². The average Bonchev–Trinajstić information content (AvgIpc) is 2.72. The predicted octanol–water partition coefficient (Wildman–Crippen LogP) is 2.40. The highest BCUT2D eigenvalue weighted by atomic mass is 16.5. The molecule has 0 amide bonds. The monoisotopic (exact) mass is 203 g/mol. The van der Waals surface area contributed by atoms with E-state index in [1.807, 2.05) is 37.3 Å². The zero-order chi connectivity index (χ0) is 10.7. The number of rotatable bonds is 3. The van der Waals surface area contributed by atoms with E-state index in [1.54, 1.807) is 0 Å². The summed E-state index contributed by atoms with van der Waals surface area (Å²) in [7, 11) is 0. The molecule has 0 aliphatic carbocycles. The summed E-state index contributed by atoms with van der Waals surface area (Å²) >= 11 is 0. The van der Waals surface area contributed by atoms with Crippen LogP contribution < -0.4 is 0 Å². The highest BCUT2D eigenvalue weighted by Crippen LogP contribution is 2.26. The first-order valence-electron chi connectivity index (χ1n) is 5.00. The van der Waals surface area contributed by atoms with E-state index in [0.717, 1.165) is 23.3 Å². The van der Waals surface area contributed by atoms with Crippen LogP contribution in [0.25, 0.3) is 11.3 Å². The van der Waals surface area contributed by atoms with E-state index in [2.05, 4.69) is 5.16 Å². The summed E-state index contributed by atoms with van der Waals surface area (Å²) in [5.74, 6) is 0.766. The summed E-state index contributed by atoms with van der Waals surface area (Å²) < 4.78 is 5.25. The third kappa shape index (κ3) is 1.78. The molecule has 1 heterocycles. The lowest BCUT2D eigenvalue weighted by Crippen LogP contribution is -1.90. The Kier molecular flexibility index (Phi) is 2.83. The molecule has 0 spiro atoms. The lowest BCUT2D eigenvalue weighted by Gasteiger charge is -1.98. The Morgan fingerprint density at radius 2 is 2.00 bits per heavy atom. The van der Waals surface area contributed by atoms with Crippen LogP contribution in [-0.2, 0) is 13.0 Å². The first-order chi connectivity index (χ1) is 7.36. The van der Waals surface area contributed by atoms with E-state index in [1.165, 1.54) is 0 Å². The average molecular weight is 203 g/mol. The number of aromatic nitrogens is 1. The second-order valence-electron chi connectivity index (χ2n) is 3.31. The number of aliphatic hydroxyl groups is 1. The number of aliphatic hydroxyl groups excluding tert-OH is 1. The Labute approximate surface area is 88.3 Å². The Morgan fingerprint density at radius 1 is 1.27 bits per heavy atom. The number of hydrogen-bond donors (Lipinski definition) is 1. The first kappa shape index (κ1) is 9.93. The van der Waals surface area contributed by atoms with Gasteiger partial charge >= 0.3 is 0 Å². The van der Waals surface area contributed by atoms with Crippen LogP contribution in [0.15, 0.2) is 34.9 Å². The van der Waals surface area contributed by atoms with Gasteiger partial charge in [-0.25, -0.2) is 0 Å². The van der Waals surface area contributed by atoms with Gasteiger partial charge in [-0.1, -0.05) is 42.4 Å². The van der Waals surface area contributed by atoms with Gasteiger partial charge in [0.25, 0.3) is 0 Å². The Hall–Kier alpha value is -1.61. The van der Waals surface area contributed by atoms with Gasteiger partial charge in [0, 0.05) is 11.1 Å². The molecule has 0 radical (unpaired) electrons. The second kappa shape index (κ2) is 4.28. The quantitative estimate of drug-likeness (QED) is 0.833. The summed E-state index contributed by atoms with van der Waals surface area (Å²) in [5, 5.41) is 12.9. The van der Waals surface area contributed by atoms with Crippen LogP contribution >= 0.6 is 0 Å². The molecule has 0 aliphatic heterocycles. The normalized spacial score (nSPS) is 10.5. The van der Waals surface area contributed by atoms with E-state index in [0.29, 0.717) is 5.69 Å². The zero-order valence-electron chi connectivity index (χ0n) is 8.60. The molecule has 0 saturated heterocycles. The van der Waals surface area contributed by atoms with Crippen molar-refractivity contribution >= 4 is 0 Å². The van der Waals surface area contributed by atoms with Crippen molar-refractivity contribution in [3.63, 3.8) is 0 Å². The zero-order valence-corrected chi connectivity index (χ0v) is 8.60. The van der Waals surface area contributed by atoms with Crippen LogP contribution in [0.5, 0.6) is 0 Å². The van der Waals surface area contributed by atoms with Crippen molar-refractivity contribution in [2.45, 2.75) is 20.0 Å². The SMILES string of the molecule is CCc1c(CO)noc1-c1ccccc1. The van der Waals surface area contributed by atoms with Crippen LogP contribution in [-0.4, -0.2) is 10.3 Å². The van der Waals surface area contributed by atoms with E-state index < -0.39 is 0 Å². The number of benzene rings is 1. The molecule has 3 heteroatoms. The predicted molar refractivity (Wildman–Crippen MR) is 57.2 cm³/mol. The summed E-state index contributed by atoms with van der Waals surface area (Å²) in [5.41, 5.74) is 2.63. The molecule has 1 aromatic carbocycles. The van der Waals surface area contributed by atoms with Crippen LogP contribution in [0.3, 0.4) is 0 Å². The molecule has 0 bridgehead atoms. The molecule has 2 aromatic rings. The molecule has 2 rings (SSSR count). The van der Waals surface area contributed by atoms with Crippen molar-refractivity contribution in [2.75, 3.05) is 0 Å². The Bertz CT molecular complexity index is 434. The third-order valence-corrected chi connectivity index (χ3v) is 2.41. The summed E-state index contributed by atoms with van der Waals surface area (Å²) in [4.78, 5) is 0. The molecule has 0 atom stereocenters. The molecular weight excluding hydrogens is 190 g/mol. The molecule has 1 aromatic heterocycles. The maximum Gasteiger partial charge on any atom is 0.170 e. The minimum atomic E-state index is -0.0699. The highest BCUT2D eigenvalue weighted by molar-refractivity contribution is 5.61. The lowest BCUT2D eigenvalue weighted by atomic mass is 10.1. The van der Waals surface area contributed by atoms with E-state index in [9.17, 15) is 0 Å². The first-order valence-corrected chi connectivity index (χ1v) is 5.00. The maximum absolute atomic E-state index is 9.09. The van der Waals surface area contributed by atoms with Crippen LogP contribution in [0.4, 0.5) is 0 Å². The number of hydrogen-bond acceptors (Lipinski definition) is 3. The fourth-order valence-corrected chi connectivity index (χ4v) is 1.65. The highest BCUT2D eigenvalue weighted by Gasteiger charge is 2.14. The Morgan fingerprint density at radius 3 is 2.60 bits per heavy atom. The van der Waals surface area contributed by atoms with Gasteiger partial charge < -0.3 is 9.63 Å². The molecule has 3 nitrogen and oxygen atoms in total. The van der Waals surface area contributed by atoms with E-state index in [4.69, 9.17) is 9.63 Å². The molecule has 78 valence electrons. The maximum atomic E-state index is 9.09. The second-order valence-corrected chi connectivity index (χ2v) is 3.31. The van der Waals surface area contributed by atoms with Crippen molar-refractivity contribution < 1.29 is 9.63 Å². The van der Waals surface area contributed by atoms with Gasteiger partial charge in [-0.05, 0) is 6.42 Å².